The highest BCUT2D eigenvalue weighted by atomic mass is 32.2. The Morgan fingerprint density at radius 2 is 2.16 bits per heavy atom. The van der Waals surface area contributed by atoms with E-state index in [1.807, 2.05) is 25.4 Å². The van der Waals surface area contributed by atoms with Crippen LogP contribution in [-0.4, -0.2) is 24.0 Å². The predicted octanol–water partition coefficient (Wildman–Crippen LogP) is 1.75. The normalized spacial score (nSPS) is 20.8. The van der Waals surface area contributed by atoms with Gasteiger partial charge in [-0.05, 0) is 18.1 Å². The number of fused-ring (bicyclic) bond motifs is 1. The molecule has 0 radical (unpaired) electrons. The summed E-state index contributed by atoms with van der Waals surface area (Å²) in [6.45, 7) is 0. The van der Waals surface area contributed by atoms with Gasteiger partial charge in [0.15, 0.2) is 9.84 Å². The summed E-state index contributed by atoms with van der Waals surface area (Å²) in [4.78, 5) is 0.447. The Morgan fingerprint density at radius 1 is 1.37 bits per heavy atom. The highest BCUT2D eigenvalue weighted by molar-refractivity contribution is 7.91. The maximum atomic E-state index is 12.0. The van der Waals surface area contributed by atoms with Gasteiger partial charge in [-0.2, -0.15) is 5.10 Å². The number of rotatable bonds is 2. The molecule has 0 bridgehead atoms. The lowest BCUT2D eigenvalue weighted by atomic mass is 10.0. The number of hydrogen-bond donors (Lipinski definition) is 1. The van der Waals surface area contributed by atoms with Gasteiger partial charge in [-0.1, -0.05) is 18.2 Å². The van der Waals surface area contributed by atoms with Gasteiger partial charge < -0.3 is 5.32 Å². The SMILES string of the molecule is Cn1cc(NC2CCS(=O)(=O)c3ccccc32)cn1. The molecule has 5 nitrogen and oxygen atoms in total. The van der Waals surface area contributed by atoms with Crippen molar-refractivity contribution < 1.29 is 8.42 Å². The third kappa shape index (κ3) is 2.23. The molecule has 1 aliphatic rings. The molecule has 0 saturated heterocycles. The first kappa shape index (κ1) is 12.2. The Bertz CT molecular complexity index is 706. The van der Waals surface area contributed by atoms with Crippen LogP contribution in [0.25, 0.3) is 0 Å². The number of anilines is 1. The molecule has 6 heteroatoms. The van der Waals surface area contributed by atoms with Crippen molar-refractivity contribution in [3.05, 3.63) is 42.2 Å². The predicted molar refractivity (Wildman–Crippen MR) is 72.7 cm³/mol. The highest BCUT2D eigenvalue weighted by Crippen LogP contribution is 2.34. The van der Waals surface area contributed by atoms with Crippen LogP contribution in [0.3, 0.4) is 0 Å². The molecule has 1 aromatic heterocycles. The van der Waals surface area contributed by atoms with Crippen molar-refractivity contribution in [2.45, 2.75) is 17.4 Å². The molecule has 1 N–H and O–H groups in total. The van der Waals surface area contributed by atoms with E-state index in [1.54, 1.807) is 23.0 Å². The summed E-state index contributed by atoms with van der Waals surface area (Å²) in [5, 5.41) is 7.45. The average Bonchev–Trinajstić information content (AvgIpc) is 2.79. The van der Waals surface area contributed by atoms with Crippen molar-refractivity contribution in [2.24, 2.45) is 7.05 Å². The van der Waals surface area contributed by atoms with Crippen molar-refractivity contribution in [3.8, 4) is 0 Å². The Kier molecular flexibility index (Phi) is 2.82. The summed E-state index contributed by atoms with van der Waals surface area (Å²) >= 11 is 0. The number of nitrogens with zero attached hydrogens (tertiary/aromatic N) is 2. The minimum atomic E-state index is -3.12. The number of benzene rings is 1. The Morgan fingerprint density at radius 3 is 2.89 bits per heavy atom. The molecule has 0 saturated carbocycles. The van der Waals surface area contributed by atoms with E-state index in [0.29, 0.717) is 11.3 Å². The van der Waals surface area contributed by atoms with Crippen molar-refractivity contribution >= 4 is 15.5 Å². The van der Waals surface area contributed by atoms with E-state index in [9.17, 15) is 8.42 Å². The first-order chi connectivity index (χ1) is 9.06. The lowest BCUT2D eigenvalue weighted by molar-refractivity contribution is 0.576. The van der Waals surface area contributed by atoms with Crippen LogP contribution in [0.5, 0.6) is 0 Å². The minimum Gasteiger partial charge on any atom is -0.376 e. The molecule has 19 heavy (non-hydrogen) atoms. The van der Waals surface area contributed by atoms with Crippen molar-refractivity contribution in [1.82, 2.24) is 9.78 Å². The van der Waals surface area contributed by atoms with E-state index >= 15 is 0 Å². The Hall–Kier alpha value is -1.82. The average molecular weight is 277 g/mol. The van der Waals surface area contributed by atoms with Crippen LogP contribution in [0.2, 0.25) is 0 Å². The van der Waals surface area contributed by atoms with Crippen molar-refractivity contribution in [1.29, 1.82) is 0 Å². The molecule has 0 fully saturated rings. The molecule has 100 valence electrons. The number of hydrogen-bond acceptors (Lipinski definition) is 4. The van der Waals surface area contributed by atoms with Gasteiger partial charge >= 0.3 is 0 Å². The van der Waals surface area contributed by atoms with Crippen LogP contribution >= 0.6 is 0 Å². The molecule has 1 aromatic carbocycles. The second-order valence-electron chi connectivity index (χ2n) is 4.74. The first-order valence-electron chi connectivity index (χ1n) is 6.13. The highest BCUT2D eigenvalue weighted by Gasteiger charge is 2.29. The van der Waals surface area contributed by atoms with E-state index in [-0.39, 0.29) is 11.8 Å². The quantitative estimate of drug-likeness (QED) is 0.908. The fourth-order valence-electron chi connectivity index (χ4n) is 2.44. The number of nitrogens with one attached hydrogen (secondary N) is 1. The molecule has 1 atom stereocenters. The second-order valence-corrected chi connectivity index (χ2v) is 6.82. The van der Waals surface area contributed by atoms with Gasteiger partial charge in [-0.15, -0.1) is 0 Å². The summed E-state index contributed by atoms with van der Waals surface area (Å²) < 4.78 is 25.8. The fraction of sp³-hybridized carbons (Fsp3) is 0.308. The van der Waals surface area contributed by atoms with Crippen LogP contribution < -0.4 is 5.32 Å². The molecule has 1 aliphatic heterocycles. The Balaban J connectivity index is 1.97. The zero-order chi connectivity index (χ0) is 13.5. The zero-order valence-corrected chi connectivity index (χ0v) is 11.4. The zero-order valence-electron chi connectivity index (χ0n) is 10.6. The lowest BCUT2D eigenvalue weighted by Crippen LogP contribution is -2.24. The molecule has 0 aliphatic carbocycles. The third-order valence-electron chi connectivity index (χ3n) is 3.35. The van der Waals surface area contributed by atoms with Crippen LogP contribution in [0.15, 0.2) is 41.6 Å². The molecule has 0 amide bonds. The van der Waals surface area contributed by atoms with Crippen LogP contribution in [0.1, 0.15) is 18.0 Å². The molecular weight excluding hydrogens is 262 g/mol. The smallest absolute Gasteiger partial charge is 0.178 e. The van der Waals surface area contributed by atoms with Gasteiger partial charge in [0.25, 0.3) is 0 Å². The standard InChI is InChI=1S/C13H15N3O2S/c1-16-9-10(8-14-16)15-12-6-7-19(17,18)13-5-3-2-4-11(12)13/h2-5,8-9,12,15H,6-7H2,1H3. The van der Waals surface area contributed by atoms with Crippen molar-refractivity contribution in [2.75, 3.05) is 11.1 Å². The van der Waals surface area contributed by atoms with E-state index in [0.717, 1.165) is 11.3 Å². The van der Waals surface area contributed by atoms with E-state index in [4.69, 9.17) is 0 Å². The summed E-state index contributed by atoms with van der Waals surface area (Å²) in [6.07, 6.45) is 4.20. The molecule has 0 spiro atoms. The summed E-state index contributed by atoms with van der Waals surface area (Å²) in [5.41, 5.74) is 1.75. The maximum Gasteiger partial charge on any atom is 0.178 e. The molecule has 2 heterocycles. The van der Waals surface area contributed by atoms with Crippen molar-refractivity contribution in [3.63, 3.8) is 0 Å². The van der Waals surface area contributed by atoms with Gasteiger partial charge in [0.2, 0.25) is 0 Å². The topological polar surface area (TPSA) is 64.0 Å². The lowest BCUT2D eigenvalue weighted by Gasteiger charge is -2.26. The molecule has 3 rings (SSSR count). The number of aryl methyl sites for hydroxylation is 1. The van der Waals surface area contributed by atoms with Gasteiger partial charge in [-0.3, -0.25) is 4.68 Å². The van der Waals surface area contributed by atoms with Gasteiger partial charge in [-0.25, -0.2) is 8.42 Å². The van der Waals surface area contributed by atoms with E-state index < -0.39 is 9.84 Å². The summed E-state index contributed by atoms with van der Waals surface area (Å²) in [6, 6.07) is 7.21. The summed E-state index contributed by atoms with van der Waals surface area (Å²) in [7, 11) is -1.27. The molecular formula is C13H15N3O2S. The van der Waals surface area contributed by atoms with Crippen LogP contribution in [0, 0.1) is 0 Å². The van der Waals surface area contributed by atoms with Crippen LogP contribution in [0.4, 0.5) is 5.69 Å². The minimum absolute atomic E-state index is 0.0175. The monoisotopic (exact) mass is 277 g/mol. The van der Waals surface area contributed by atoms with E-state index in [2.05, 4.69) is 10.4 Å². The third-order valence-corrected chi connectivity index (χ3v) is 5.17. The van der Waals surface area contributed by atoms with Gasteiger partial charge in [0, 0.05) is 13.2 Å². The second kappa shape index (κ2) is 4.38. The Labute approximate surface area is 112 Å². The fourth-order valence-corrected chi connectivity index (χ4v) is 4.06. The largest absolute Gasteiger partial charge is 0.376 e. The molecule has 1 unspecified atom stereocenters. The van der Waals surface area contributed by atoms with Gasteiger partial charge in [0.05, 0.1) is 28.6 Å². The molecule has 2 aromatic rings. The summed E-state index contributed by atoms with van der Waals surface area (Å²) in [5.74, 6) is 0.182. The number of sulfone groups is 1. The number of aromatic nitrogens is 2. The first-order valence-corrected chi connectivity index (χ1v) is 7.78. The van der Waals surface area contributed by atoms with Gasteiger partial charge in [0.1, 0.15) is 0 Å². The van der Waals surface area contributed by atoms with Crippen LogP contribution in [-0.2, 0) is 16.9 Å². The maximum absolute atomic E-state index is 12.0. The van der Waals surface area contributed by atoms with E-state index in [1.165, 1.54) is 0 Å².